The van der Waals surface area contributed by atoms with Gasteiger partial charge in [-0.05, 0) is 63.4 Å². The van der Waals surface area contributed by atoms with Gasteiger partial charge >= 0.3 is 12.1 Å². The van der Waals surface area contributed by atoms with E-state index >= 15 is 0 Å². The van der Waals surface area contributed by atoms with Gasteiger partial charge in [0.1, 0.15) is 38.7 Å². The number of benzene rings is 2. The fraction of sp³-hybridized carbons (Fsp3) is 0.355. The maximum atomic E-state index is 15.0. The molecule has 44 heavy (non-hydrogen) atoms. The number of halogens is 2. The lowest BCUT2D eigenvalue weighted by Crippen LogP contribution is -2.47. The summed E-state index contributed by atoms with van der Waals surface area (Å²) in [4.78, 5) is 36.8. The smallest absolute Gasteiger partial charge is 0.416 e. The van der Waals surface area contributed by atoms with Crippen LogP contribution in [0.25, 0.3) is 0 Å². The van der Waals surface area contributed by atoms with Crippen molar-refractivity contribution in [2.45, 2.75) is 44.1 Å². The molecule has 13 heteroatoms. The summed E-state index contributed by atoms with van der Waals surface area (Å²) in [5.74, 6) is -0.510. The Bertz CT molecular complexity index is 1520. The molecule has 2 aromatic carbocycles. The predicted octanol–water partition coefficient (Wildman–Crippen LogP) is 6.77. The van der Waals surface area contributed by atoms with Crippen LogP contribution in [0.2, 0.25) is 0 Å². The lowest BCUT2D eigenvalue weighted by Gasteiger charge is -2.37. The second-order valence-electron chi connectivity index (χ2n) is 10.8. The number of amides is 3. The normalized spacial score (nSPS) is 16.4. The zero-order valence-electron chi connectivity index (χ0n) is 25.4. The van der Waals surface area contributed by atoms with Gasteiger partial charge in [0.2, 0.25) is 0 Å². The van der Waals surface area contributed by atoms with Crippen molar-refractivity contribution in [3.8, 4) is 5.75 Å². The van der Waals surface area contributed by atoms with E-state index in [9.17, 15) is 18.4 Å². The van der Waals surface area contributed by atoms with Crippen LogP contribution in [-0.4, -0.2) is 65.6 Å². The molecule has 4 rings (SSSR count). The van der Waals surface area contributed by atoms with E-state index in [1.165, 1.54) is 37.4 Å². The predicted molar refractivity (Wildman–Crippen MR) is 164 cm³/mol. The summed E-state index contributed by atoms with van der Waals surface area (Å²) in [5, 5.41) is 6.86. The molecule has 1 aromatic heterocycles. The lowest BCUT2D eigenvalue weighted by atomic mass is 10.00. The molecular formula is C31H35F2N5O5S. The van der Waals surface area contributed by atoms with Crippen LogP contribution in [0, 0.1) is 11.6 Å². The first-order chi connectivity index (χ1) is 20.9. The molecule has 0 unspecified atom stereocenters. The van der Waals surface area contributed by atoms with Gasteiger partial charge in [0.25, 0.3) is 0 Å². The van der Waals surface area contributed by atoms with Crippen molar-refractivity contribution >= 4 is 34.7 Å². The second-order valence-corrected chi connectivity index (χ2v) is 12.1. The number of nitrogens with zero attached hydrogens (tertiary/aromatic N) is 5. The van der Waals surface area contributed by atoms with Gasteiger partial charge in [-0.15, -0.1) is 0 Å². The molecule has 3 amide bonds. The Kier molecular flexibility index (Phi) is 10.1. The number of hydrogen-bond donors (Lipinski definition) is 0. The molecule has 1 aliphatic heterocycles. The summed E-state index contributed by atoms with van der Waals surface area (Å²) in [6, 6.07) is 14.9. The van der Waals surface area contributed by atoms with E-state index in [2.05, 4.69) is 10.1 Å². The number of pyridine rings is 1. The van der Waals surface area contributed by atoms with Crippen LogP contribution in [-0.2, 0) is 14.4 Å². The average molecular weight is 628 g/mol. The Labute approximate surface area is 259 Å². The third-order valence-corrected chi connectivity index (χ3v) is 8.09. The van der Waals surface area contributed by atoms with Gasteiger partial charge in [0.15, 0.2) is 0 Å². The standard InChI is InChI=1S/C31H35F2N5O5S/c1-30(2,3)43-29(40)37(26-20-23(41-5)15-17-34-26)18-10-16-31(21-11-8-7-9-12-21)38(28(39)36(4)42-6)35-27(44-31)24-19-22(32)13-14-25(24)33/h7-9,11-15,17,19-20H,10,16,18H2,1-6H3/t31-/m0/s1. The first kappa shape index (κ1) is 32.7. The third-order valence-electron chi connectivity index (χ3n) is 6.65. The van der Waals surface area contributed by atoms with Crippen molar-refractivity contribution in [1.82, 2.24) is 15.1 Å². The van der Waals surface area contributed by atoms with Crippen LogP contribution in [0.4, 0.5) is 24.2 Å². The van der Waals surface area contributed by atoms with Crippen molar-refractivity contribution in [3.63, 3.8) is 0 Å². The van der Waals surface area contributed by atoms with Crippen LogP contribution < -0.4 is 9.64 Å². The number of rotatable bonds is 9. The molecule has 3 aromatic rings. The Morgan fingerprint density at radius 1 is 1.05 bits per heavy atom. The van der Waals surface area contributed by atoms with Crippen LogP contribution in [0.5, 0.6) is 5.75 Å². The number of thioether (sulfide) groups is 1. The highest BCUT2D eigenvalue weighted by Crippen LogP contribution is 2.51. The average Bonchev–Trinajstić information content (AvgIpc) is 3.39. The quantitative estimate of drug-likeness (QED) is 0.242. The van der Waals surface area contributed by atoms with E-state index in [1.807, 2.05) is 30.3 Å². The molecule has 1 atom stereocenters. The summed E-state index contributed by atoms with van der Waals surface area (Å²) in [6.07, 6.45) is 1.46. The number of carbonyl (C=O) groups is 2. The number of ether oxygens (including phenoxy) is 2. The maximum Gasteiger partial charge on any atom is 0.416 e. The largest absolute Gasteiger partial charge is 0.497 e. The van der Waals surface area contributed by atoms with E-state index in [0.717, 1.165) is 35.0 Å². The minimum atomic E-state index is -1.22. The molecule has 0 saturated carbocycles. The topological polar surface area (TPSA) is 96.8 Å². The molecule has 10 nitrogen and oxygen atoms in total. The highest BCUT2D eigenvalue weighted by atomic mass is 32.2. The number of methoxy groups -OCH3 is 1. The summed E-state index contributed by atoms with van der Waals surface area (Å²) < 4.78 is 40.2. The van der Waals surface area contributed by atoms with Crippen molar-refractivity contribution in [2.24, 2.45) is 5.10 Å². The monoisotopic (exact) mass is 627 g/mol. The summed E-state index contributed by atoms with van der Waals surface area (Å²) in [7, 11) is 4.28. The second kappa shape index (κ2) is 13.6. The molecular weight excluding hydrogens is 592 g/mol. The molecule has 2 heterocycles. The number of anilines is 1. The van der Waals surface area contributed by atoms with E-state index in [1.54, 1.807) is 32.9 Å². The van der Waals surface area contributed by atoms with Gasteiger partial charge in [-0.3, -0.25) is 9.74 Å². The van der Waals surface area contributed by atoms with E-state index in [-0.39, 0.29) is 23.6 Å². The highest BCUT2D eigenvalue weighted by Gasteiger charge is 2.50. The number of hydrazone groups is 1. The van der Waals surface area contributed by atoms with Crippen LogP contribution in [0.15, 0.2) is 72.0 Å². The minimum absolute atomic E-state index is 0.0818. The van der Waals surface area contributed by atoms with Crippen LogP contribution in [0.1, 0.15) is 44.7 Å². The number of carbonyl (C=O) groups excluding carboxylic acids is 2. The number of hydroxylamine groups is 2. The molecule has 0 bridgehead atoms. The van der Waals surface area contributed by atoms with Crippen molar-refractivity contribution in [2.75, 3.05) is 32.7 Å². The van der Waals surface area contributed by atoms with Gasteiger partial charge in [-0.1, -0.05) is 42.1 Å². The summed E-state index contributed by atoms with van der Waals surface area (Å²) in [6.45, 7) is 5.43. The third kappa shape index (κ3) is 7.28. The molecule has 234 valence electrons. The molecule has 1 aliphatic rings. The van der Waals surface area contributed by atoms with Crippen molar-refractivity contribution < 1.29 is 32.7 Å². The molecule has 0 fully saturated rings. The van der Waals surface area contributed by atoms with E-state index in [4.69, 9.17) is 14.3 Å². The molecule has 0 N–H and O–H groups in total. The molecule has 0 spiro atoms. The lowest BCUT2D eigenvalue weighted by molar-refractivity contribution is -0.0805. The van der Waals surface area contributed by atoms with Gasteiger partial charge in [-0.2, -0.15) is 10.1 Å². The van der Waals surface area contributed by atoms with Gasteiger partial charge in [-0.25, -0.2) is 28.4 Å². The first-order valence-electron chi connectivity index (χ1n) is 13.8. The van der Waals surface area contributed by atoms with Gasteiger partial charge < -0.3 is 9.47 Å². The number of aromatic nitrogens is 1. The molecule has 0 radical (unpaired) electrons. The van der Waals surface area contributed by atoms with Gasteiger partial charge in [0, 0.05) is 31.4 Å². The zero-order chi connectivity index (χ0) is 32.1. The van der Waals surface area contributed by atoms with E-state index in [0.29, 0.717) is 23.6 Å². The Hall–Kier alpha value is -4.23. The fourth-order valence-corrected chi connectivity index (χ4v) is 5.94. The molecule has 0 aliphatic carbocycles. The Morgan fingerprint density at radius 2 is 1.77 bits per heavy atom. The minimum Gasteiger partial charge on any atom is -0.497 e. The van der Waals surface area contributed by atoms with Crippen LogP contribution in [0.3, 0.4) is 0 Å². The Morgan fingerprint density at radius 3 is 2.43 bits per heavy atom. The fourth-order valence-electron chi connectivity index (χ4n) is 4.52. The SMILES string of the molecule is COc1ccnc(N(CCC[C@@]2(c3ccccc3)SC(c3cc(F)ccc3F)=NN2C(=O)N(C)OC)C(=O)OC(C)(C)C)c1. The van der Waals surface area contributed by atoms with E-state index < -0.39 is 34.2 Å². The summed E-state index contributed by atoms with van der Waals surface area (Å²) in [5.41, 5.74) is -0.171. The first-order valence-corrected chi connectivity index (χ1v) is 14.6. The van der Waals surface area contributed by atoms with Crippen molar-refractivity contribution in [1.29, 1.82) is 0 Å². The maximum absolute atomic E-state index is 15.0. The number of hydrogen-bond acceptors (Lipinski definition) is 8. The summed E-state index contributed by atoms with van der Waals surface area (Å²) >= 11 is 1.12. The number of urea groups is 1. The highest BCUT2D eigenvalue weighted by molar-refractivity contribution is 8.15. The molecule has 0 saturated heterocycles. The van der Waals surface area contributed by atoms with Crippen LogP contribution >= 0.6 is 11.8 Å². The zero-order valence-corrected chi connectivity index (χ0v) is 26.2. The Balaban J connectivity index is 1.75. The van der Waals surface area contributed by atoms with Gasteiger partial charge in [0.05, 0.1) is 14.2 Å². The van der Waals surface area contributed by atoms with Crippen molar-refractivity contribution in [3.05, 3.63) is 89.6 Å².